The lowest BCUT2D eigenvalue weighted by molar-refractivity contribution is 0.661. The quantitative estimate of drug-likeness (QED) is 0.230. The highest BCUT2D eigenvalue weighted by Gasteiger charge is 2.35. The first-order chi connectivity index (χ1) is 20.1. The summed E-state index contributed by atoms with van der Waals surface area (Å²) in [4.78, 5) is 10.1. The molecular formula is C39H28N2. The van der Waals surface area contributed by atoms with E-state index in [1.807, 2.05) is 24.3 Å². The molecule has 41 heavy (non-hydrogen) atoms. The van der Waals surface area contributed by atoms with Gasteiger partial charge < -0.3 is 0 Å². The van der Waals surface area contributed by atoms with Crippen molar-refractivity contribution in [2.45, 2.75) is 19.3 Å². The lowest BCUT2D eigenvalue weighted by Gasteiger charge is -2.22. The average Bonchev–Trinajstić information content (AvgIpc) is 3.25. The lowest BCUT2D eigenvalue weighted by atomic mass is 9.81. The minimum absolute atomic E-state index is 0.0789. The first-order valence-corrected chi connectivity index (χ1v) is 14.2. The van der Waals surface area contributed by atoms with Gasteiger partial charge in [0.05, 0.1) is 11.2 Å². The van der Waals surface area contributed by atoms with Crippen molar-refractivity contribution in [1.29, 1.82) is 0 Å². The summed E-state index contributed by atoms with van der Waals surface area (Å²) in [5.41, 5.74) is 11.8. The Balaban J connectivity index is 1.29. The van der Waals surface area contributed by atoms with Crippen LogP contribution in [0.4, 0.5) is 0 Å². The van der Waals surface area contributed by atoms with Crippen LogP contribution in [0.15, 0.2) is 133 Å². The smallest absolute Gasteiger partial charge is 0.160 e. The van der Waals surface area contributed by atoms with Crippen LogP contribution in [0.25, 0.3) is 66.6 Å². The number of hydrogen-bond acceptors (Lipinski definition) is 2. The van der Waals surface area contributed by atoms with Crippen LogP contribution >= 0.6 is 0 Å². The van der Waals surface area contributed by atoms with Crippen LogP contribution < -0.4 is 0 Å². The van der Waals surface area contributed by atoms with Gasteiger partial charge in [-0.2, -0.15) is 0 Å². The van der Waals surface area contributed by atoms with Crippen molar-refractivity contribution in [3.05, 3.63) is 145 Å². The summed E-state index contributed by atoms with van der Waals surface area (Å²) in [6.45, 7) is 4.70. The Hall–Kier alpha value is -5.08. The first-order valence-electron chi connectivity index (χ1n) is 14.2. The number of rotatable bonds is 3. The van der Waals surface area contributed by atoms with Crippen molar-refractivity contribution in [3.63, 3.8) is 0 Å². The fourth-order valence-electron chi connectivity index (χ4n) is 6.44. The summed E-state index contributed by atoms with van der Waals surface area (Å²) in [7, 11) is 0. The molecule has 0 radical (unpaired) electrons. The van der Waals surface area contributed by atoms with Gasteiger partial charge in [0.2, 0.25) is 0 Å². The third kappa shape index (κ3) is 3.79. The summed E-state index contributed by atoms with van der Waals surface area (Å²) in [6, 6.07) is 47.6. The number of nitrogens with zero attached hydrogens (tertiary/aromatic N) is 2. The molecule has 1 aromatic heterocycles. The van der Waals surface area contributed by atoms with E-state index in [9.17, 15) is 0 Å². The molecule has 0 spiro atoms. The highest BCUT2D eigenvalue weighted by molar-refractivity contribution is 5.97. The molecule has 1 heterocycles. The largest absolute Gasteiger partial charge is 0.228 e. The second-order valence-corrected chi connectivity index (χ2v) is 11.5. The van der Waals surface area contributed by atoms with Gasteiger partial charge in [-0.15, -0.1) is 0 Å². The maximum Gasteiger partial charge on any atom is 0.160 e. The minimum Gasteiger partial charge on any atom is -0.228 e. The van der Waals surface area contributed by atoms with E-state index < -0.39 is 0 Å². The highest BCUT2D eigenvalue weighted by Crippen LogP contribution is 2.51. The fourth-order valence-corrected chi connectivity index (χ4v) is 6.44. The van der Waals surface area contributed by atoms with Gasteiger partial charge in [0, 0.05) is 21.9 Å². The van der Waals surface area contributed by atoms with E-state index in [4.69, 9.17) is 9.97 Å². The Labute approximate surface area is 240 Å². The molecule has 194 valence electrons. The molecule has 1 aliphatic rings. The molecule has 0 unspecified atom stereocenters. The zero-order valence-corrected chi connectivity index (χ0v) is 23.1. The molecule has 0 aliphatic heterocycles. The van der Waals surface area contributed by atoms with Crippen LogP contribution in [0.2, 0.25) is 0 Å². The Kier molecular flexibility index (Phi) is 5.20. The van der Waals surface area contributed by atoms with Crippen LogP contribution in [-0.4, -0.2) is 9.97 Å². The van der Waals surface area contributed by atoms with E-state index in [-0.39, 0.29) is 5.41 Å². The molecule has 2 heteroatoms. The Morgan fingerprint density at radius 2 is 1.07 bits per heavy atom. The number of benzene rings is 6. The summed E-state index contributed by atoms with van der Waals surface area (Å²) >= 11 is 0. The molecule has 6 aromatic carbocycles. The summed E-state index contributed by atoms with van der Waals surface area (Å²) in [5.74, 6) is 0.745. The van der Waals surface area contributed by atoms with E-state index in [1.54, 1.807) is 0 Å². The summed E-state index contributed by atoms with van der Waals surface area (Å²) < 4.78 is 0. The highest BCUT2D eigenvalue weighted by atomic mass is 14.9. The molecule has 0 atom stereocenters. The van der Waals surface area contributed by atoms with Crippen molar-refractivity contribution in [3.8, 4) is 44.9 Å². The van der Waals surface area contributed by atoms with E-state index in [2.05, 4.69) is 123 Å². The second kappa shape index (κ2) is 8.97. The van der Waals surface area contributed by atoms with Gasteiger partial charge in [0.1, 0.15) is 0 Å². The van der Waals surface area contributed by atoms with E-state index in [0.29, 0.717) is 0 Å². The summed E-state index contributed by atoms with van der Waals surface area (Å²) in [6.07, 6.45) is 0. The van der Waals surface area contributed by atoms with E-state index in [0.717, 1.165) is 33.5 Å². The maximum absolute atomic E-state index is 5.10. The molecular weight excluding hydrogens is 496 g/mol. The zero-order valence-electron chi connectivity index (χ0n) is 23.1. The first kappa shape index (κ1) is 23.8. The Morgan fingerprint density at radius 3 is 1.83 bits per heavy atom. The third-order valence-corrected chi connectivity index (χ3v) is 8.65. The van der Waals surface area contributed by atoms with Crippen LogP contribution in [0, 0.1) is 0 Å². The minimum atomic E-state index is -0.0789. The number of aromatic nitrogens is 2. The molecule has 0 saturated carbocycles. The maximum atomic E-state index is 5.10. The molecule has 0 N–H and O–H groups in total. The van der Waals surface area contributed by atoms with Gasteiger partial charge >= 0.3 is 0 Å². The molecule has 0 bridgehead atoms. The molecule has 0 fully saturated rings. The van der Waals surface area contributed by atoms with Crippen LogP contribution in [0.1, 0.15) is 25.0 Å². The standard InChI is InChI=1S/C39H28N2/c1-39(2)34-24-30(17-19-31(34)32-21-27-15-9-10-16-28(27)23-35(32)39)29-18-20-36-33(22-29)37(25-11-5-3-6-12-25)41-38(40-36)26-13-7-4-8-14-26/h3-24H,1-2H3. The van der Waals surface area contributed by atoms with Gasteiger partial charge in [-0.25, -0.2) is 9.97 Å². The SMILES string of the molecule is CC1(C)c2cc(-c3ccc4nc(-c5ccccc5)nc(-c5ccccc5)c4c3)ccc2-c2cc3ccccc3cc21. The second-order valence-electron chi connectivity index (χ2n) is 11.5. The Morgan fingerprint density at radius 1 is 0.463 bits per heavy atom. The molecule has 1 aliphatic carbocycles. The predicted molar refractivity (Wildman–Crippen MR) is 171 cm³/mol. The van der Waals surface area contributed by atoms with Crippen molar-refractivity contribution in [2.24, 2.45) is 0 Å². The average molecular weight is 525 g/mol. The molecule has 7 aromatic rings. The number of hydrogen-bond donors (Lipinski definition) is 0. The van der Waals surface area contributed by atoms with Gasteiger partial charge in [-0.1, -0.05) is 117 Å². The molecule has 2 nitrogen and oxygen atoms in total. The van der Waals surface area contributed by atoms with Gasteiger partial charge in [0.15, 0.2) is 5.82 Å². The van der Waals surface area contributed by atoms with Crippen LogP contribution in [0.5, 0.6) is 0 Å². The molecule has 0 amide bonds. The Bertz CT molecular complexity index is 2110. The molecule has 8 rings (SSSR count). The van der Waals surface area contributed by atoms with Crippen LogP contribution in [0.3, 0.4) is 0 Å². The lowest BCUT2D eigenvalue weighted by Crippen LogP contribution is -2.15. The van der Waals surface area contributed by atoms with Crippen LogP contribution in [-0.2, 0) is 5.41 Å². The summed E-state index contributed by atoms with van der Waals surface area (Å²) in [5, 5.41) is 3.64. The zero-order chi connectivity index (χ0) is 27.6. The number of fused-ring (bicyclic) bond motifs is 5. The third-order valence-electron chi connectivity index (χ3n) is 8.65. The fraction of sp³-hybridized carbons (Fsp3) is 0.0769. The van der Waals surface area contributed by atoms with Crippen molar-refractivity contribution in [2.75, 3.05) is 0 Å². The van der Waals surface area contributed by atoms with Gasteiger partial charge in [-0.05, 0) is 74.5 Å². The van der Waals surface area contributed by atoms with Gasteiger partial charge in [0.25, 0.3) is 0 Å². The van der Waals surface area contributed by atoms with E-state index in [1.165, 1.54) is 44.2 Å². The predicted octanol–water partition coefficient (Wildman–Crippen LogP) is 10.1. The van der Waals surface area contributed by atoms with E-state index >= 15 is 0 Å². The van der Waals surface area contributed by atoms with Crippen molar-refractivity contribution in [1.82, 2.24) is 9.97 Å². The van der Waals surface area contributed by atoms with Crippen molar-refractivity contribution < 1.29 is 0 Å². The van der Waals surface area contributed by atoms with Crippen molar-refractivity contribution >= 4 is 21.7 Å². The monoisotopic (exact) mass is 524 g/mol. The normalized spacial score (nSPS) is 13.3. The topological polar surface area (TPSA) is 25.8 Å². The van der Waals surface area contributed by atoms with Gasteiger partial charge in [-0.3, -0.25) is 0 Å². The molecule has 0 saturated heterocycles.